The van der Waals surface area contributed by atoms with Crippen molar-refractivity contribution in [2.24, 2.45) is 7.05 Å². The third kappa shape index (κ3) is 4.71. The Kier molecular flexibility index (Phi) is 5.09. The van der Waals surface area contributed by atoms with Crippen molar-refractivity contribution in [2.45, 2.75) is 13.0 Å². The van der Waals surface area contributed by atoms with Crippen LogP contribution in [-0.2, 0) is 18.4 Å². The van der Waals surface area contributed by atoms with Crippen LogP contribution >= 0.6 is 0 Å². The topological polar surface area (TPSA) is 104 Å². The van der Waals surface area contributed by atoms with Crippen LogP contribution in [0.4, 0.5) is 4.79 Å². The molecule has 116 valence electrons. The molecule has 9 heteroatoms. The van der Waals surface area contributed by atoms with E-state index in [0.717, 1.165) is 0 Å². The first-order valence-corrected chi connectivity index (χ1v) is 6.86. The molecule has 1 aliphatic rings. The van der Waals surface area contributed by atoms with Crippen molar-refractivity contribution in [3.05, 3.63) is 12.2 Å². The Morgan fingerprint density at radius 3 is 2.62 bits per heavy atom. The number of carboxylic acids is 1. The molecule has 0 bridgehead atoms. The number of hydrogen-bond donors (Lipinski definition) is 2. The summed E-state index contributed by atoms with van der Waals surface area (Å²) in [5, 5.41) is 15.5. The van der Waals surface area contributed by atoms with Crippen LogP contribution in [0.15, 0.2) is 6.33 Å². The highest BCUT2D eigenvalue weighted by molar-refractivity contribution is 5.74. The van der Waals surface area contributed by atoms with E-state index in [1.165, 1.54) is 0 Å². The van der Waals surface area contributed by atoms with Gasteiger partial charge < -0.3 is 15.3 Å². The van der Waals surface area contributed by atoms with E-state index in [4.69, 9.17) is 5.11 Å². The van der Waals surface area contributed by atoms with Gasteiger partial charge in [-0.3, -0.25) is 14.4 Å². The van der Waals surface area contributed by atoms with Gasteiger partial charge in [0.05, 0.1) is 13.0 Å². The van der Waals surface area contributed by atoms with Crippen LogP contribution in [0.2, 0.25) is 0 Å². The Morgan fingerprint density at radius 1 is 1.33 bits per heavy atom. The predicted molar refractivity (Wildman–Crippen MR) is 73.5 cm³/mol. The van der Waals surface area contributed by atoms with Crippen LogP contribution in [0.5, 0.6) is 0 Å². The fourth-order valence-corrected chi connectivity index (χ4v) is 2.16. The zero-order valence-corrected chi connectivity index (χ0v) is 12.0. The standard InChI is InChI=1S/C12H20N6O3/c1-16-9-14-10(15-16)8-13-12(21)18-6-4-17(5-7-18)3-2-11(19)20/h9H,2-8H2,1H3,(H,13,21)(H,19,20). The zero-order chi connectivity index (χ0) is 15.2. The fraction of sp³-hybridized carbons (Fsp3) is 0.667. The summed E-state index contributed by atoms with van der Waals surface area (Å²) in [7, 11) is 1.77. The molecule has 0 saturated carbocycles. The van der Waals surface area contributed by atoms with Crippen LogP contribution < -0.4 is 5.32 Å². The number of carbonyl (C=O) groups is 2. The maximum atomic E-state index is 12.0. The molecule has 1 saturated heterocycles. The second kappa shape index (κ2) is 7.02. The van der Waals surface area contributed by atoms with Gasteiger partial charge in [-0.25, -0.2) is 9.78 Å². The number of piperazine rings is 1. The smallest absolute Gasteiger partial charge is 0.317 e. The van der Waals surface area contributed by atoms with Gasteiger partial charge in [0.1, 0.15) is 6.33 Å². The van der Waals surface area contributed by atoms with Crippen LogP contribution in [0, 0.1) is 0 Å². The van der Waals surface area contributed by atoms with Crippen molar-refractivity contribution in [1.82, 2.24) is 29.9 Å². The Balaban J connectivity index is 1.69. The number of carboxylic acid groups (broad SMARTS) is 1. The van der Waals surface area contributed by atoms with E-state index in [9.17, 15) is 9.59 Å². The van der Waals surface area contributed by atoms with E-state index in [-0.39, 0.29) is 12.5 Å². The van der Waals surface area contributed by atoms with E-state index >= 15 is 0 Å². The lowest BCUT2D eigenvalue weighted by Crippen LogP contribution is -2.51. The van der Waals surface area contributed by atoms with Gasteiger partial charge in [-0.1, -0.05) is 0 Å². The van der Waals surface area contributed by atoms with Crippen LogP contribution in [0.1, 0.15) is 12.2 Å². The summed E-state index contributed by atoms with van der Waals surface area (Å²) in [5.41, 5.74) is 0. The Morgan fingerprint density at radius 2 is 2.05 bits per heavy atom. The monoisotopic (exact) mass is 296 g/mol. The molecule has 1 aromatic heterocycles. The summed E-state index contributed by atoms with van der Waals surface area (Å²) < 4.78 is 1.59. The minimum absolute atomic E-state index is 0.136. The van der Waals surface area contributed by atoms with Gasteiger partial charge in [0.15, 0.2) is 5.82 Å². The summed E-state index contributed by atoms with van der Waals surface area (Å²) in [6.07, 6.45) is 1.72. The molecule has 1 aliphatic heterocycles. The number of rotatable bonds is 5. The normalized spacial score (nSPS) is 16.0. The van der Waals surface area contributed by atoms with E-state index < -0.39 is 5.97 Å². The average Bonchev–Trinajstić information content (AvgIpc) is 2.89. The molecular weight excluding hydrogens is 276 g/mol. The lowest BCUT2D eigenvalue weighted by atomic mass is 10.3. The molecule has 1 aromatic rings. The van der Waals surface area contributed by atoms with Gasteiger partial charge in [0.25, 0.3) is 0 Å². The molecule has 0 radical (unpaired) electrons. The molecule has 2 heterocycles. The quantitative estimate of drug-likeness (QED) is 0.731. The average molecular weight is 296 g/mol. The summed E-state index contributed by atoms with van der Waals surface area (Å²) in [6.45, 7) is 3.43. The second-order valence-corrected chi connectivity index (χ2v) is 4.97. The summed E-state index contributed by atoms with van der Waals surface area (Å²) in [6, 6.07) is -0.139. The van der Waals surface area contributed by atoms with E-state index in [2.05, 4.69) is 20.3 Å². The molecule has 1 fully saturated rings. The second-order valence-electron chi connectivity index (χ2n) is 4.97. The van der Waals surface area contributed by atoms with Crippen molar-refractivity contribution in [3.8, 4) is 0 Å². The maximum absolute atomic E-state index is 12.0. The van der Waals surface area contributed by atoms with Gasteiger partial charge in [0, 0.05) is 39.8 Å². The number of hydrogen-bond acceptors (Lipinski definition) is 5. The first-order valence-electron chi connectivity index (χ1n) is 6.86. The Labute approximate surface area is 122 Å². The van der Waals surface area contributed by atoms with Crippen molar-refractivity contribution in [3.63, 3.8) is 0 Å². The van der Waals surface area contributed by atoms with Crippen LogP contribution in [-0.4, -0.2) is 74.4 Å². The van der Waals surface area contributed by atoms with Gasteiger partial charge in [-0.05, 0) is 0 Å². The summed E-state index contributed by atoms with van der Waals surface area (Å²) in [4.78, 5) is 30.3. The SMILES string of the molecule is Cn1cnc(CNC(=O)N2CCN(CCC(=O)O)CC2)n1. The molecule has 0 spiro atoms. The number of urea groups is 1. The number of aryl methyl sites for hydroxylation is 1. The van der Waals surface area contributed by atoms with Crippen LogP contribution in [0.25, 0.3) is 0 Å². The molecule has 2 rings (SSSR count). The van der Waals surface area contributed by atoms with Crippen molar-refractivity contribution >= 4 is 12.0 Å². The third-order valence-corrected chi connectivity index (χ3v) is 3.35. The van der Waals surface area contributed by atoms with Gasteiger partial charge in [-0.15, -0.1) is 0 Å². The van der Waals surface area contributed by atoms with Crippen molar-refractivity contribution in [2.75, 3.05) is 32.7 Å². The summed E-state index contributed by atoms with van der Waals surface area (Å²) in [5.74, 6) is -0.219. The number of nitrogens with one attached hydrogen (secondary N) is 1. The molecule has 0 unspecified atom stereocenters. The van der Waals surface area contributed by atoms with E-state index in [1.807, 2.05) is 0 Å². The lowest BCUT2D eigenvalue weighted by molar-refractivity contribution is -0.137. The van der Waals surface area contributed by atoms with E-state index in [0.29, 0.717) is 45.1 Å². The first-order chi connectivity index (χ1) is 10.0. The fourth-order valence-electron chi connectivity index (χ4n) is 2.16. The van der Waals surface area contributed by atoms with E-state index in [1.54, 1.807) is 23.0 Å². The Hall–Kier alpha value is -2.16. The molecule has 21 heavy (non-hydrogen) atoms. The number of nitrogens with zero attached hydrogens (tertiary/aromatic N) is 5. The molecular formula is C12H20N6O3. The maximum Gasteiger partial charge on any atom is 0.317 e. The highest BCUT2D eigenvalue weighted by Crippen LogP contribution is 2.03. The number of amides is 2. The minimum Gasteiger partial charge on any atom is -0.481 e. The van der Waals surface area contributed by atoms with Crippen LogP contribution in [0.3, 0.4) is 0 Å². The number of carbonyl (C=O) groups excluding carboxylic acids is 1. The predicted octanol–water partition coefficient (Wildman–Crippen LogP) is -0.883. The largest absolute Gasteiger partial charge is 0.481 e. The number of aliphatic carboxylic acids is 1. The highest BCUT2D eigenvalue weighted by Gasteiger charge is 2.21. The lowest BCUT2D eigenvalue weighted by Gasteiger charge is -2.34. The summed E-state index contributed by atoms with van der Waals surface area (Å²) >= 11 is 0. The first kappa shape index (κ1) is 15.2. The minimum atomic E-state index is -0.793. The Bertz CT molecular complexity index is 495. The van der Waals surface area contributed by atoms with Gasteiger partial charge in [0.2, 0.25) is 0 Å². The molecule has 2 amide bonds. The zero-order valence-electron chi connectivity index (χ0n) is 12.0. The molecule has 0 atom stereocenters. The van der Waals surface area contributed by atoms with Crippen molar-refractivity contribution < 1.29 is 14.7 Å². The highest BCUT2D eigenvalue weighted by atomic mass is 16.4. The molecule has 2 N–H and O–H groups in total. The van der Waals surface area contributed by atoms with Gasteiger partial charge in [-0.2, -0.15) is 5.10 Å². The molecule has 0 aliphatic carbocycles. The number of aromatic nitrogens is 3. The third-order valence-electron chi connectivity index (χ3n) is 3.35. The van der Waals surface area contributed by atoms with Gasteiger partial charge >= 0.3 is 12.0 Å². The molecule has 0 aromatic carbocycles. The molecule has 9 nitrogen and oxygen atoms in total. The van der Waals surface area contributed by atoms with Crippen molar-refractivity contribution in [1.29, 1.82) is 0 Å².